The van der Waals surface area contributed by atoms with Crippen LogP contribution in [0.3, 0.4) is 0 Å². The van der Waals surface area contributed by atoms with E-state index in [0.29, 0.717) is 16.3 Å². The maximum atomic E-state index is 13.0. The number of hydrogen-bond acceptors (Lipinski definition) is 2. The first kappa shape index (κ1) is 10.3. The van der Waals surface area contributed by atoms with Gasteiger partial charge in [0, 0.05) is 10.6 Å². The molecule has 0 amide bonds. The predicted octanol–water partition coefficient (Wildman–Crippen LogP) is 3.59. The summed E-state index contributed by atoms with van der Waals surface area (Å²) in [6, 6.07) is 4.15. The van der Waals surface area contributed by atoms with Crippen molar-refractivity contribution in [3.8, 4) is 11.3 Å². The SMILES string of the molecule is Fc1cc(Cl)cc(-c2cncc(Cl)n2)c1. The van der Waals surface area contributed by atoms with Gasteiger partial charge in [0.2, 0.25) is 0 Å². The second-order valence-electron chi connectivity index (χ2n) is 2.89. The normalized spacial score (nSPS) is 10.3. The van der Waals surface area contributed by atoms with Crippen molar-refractivity contribution in [2.75, 3.05) is 0 Å². The maximum Gasteiger partial charge on any atom is 0.148 e. The Kier molecular flexibility index (Phi) is 2.84. The average Bonchev–Trinajstić information content (AvgIpc) is 2.16. The summed E-state index contributed by atoms with van der Waals surface area (Å²) in [6.07, 6.45) is 2.91. The van der Waals surface area contributed by atoms with Gasteiger partial charge in [0.15, 0.2) is 0 Å². The third-order valence-corrected chi connectivity index (χ3v) is 2.16. The molecule has 2 aromatic rings. The average molecular weight is 243 g/mol. The monoisotopic (exact) mass is 242 g/mol. The lowest BCUT2D eigenvalue weighted by Crippen LogP contribution is -1.87. The standard InChI is InChI=1S/C10H5Cl2FN2/c11-7-1-6(2-8(13)3-7)9-4-14-5-10(12)15-9/h1-5H. The molecule has 0 fully saturated rings. The van der Waals surface area contributed by atoms with Gasteiger partial charge in [-0.1, -0.05) is 23.2 Å². The van der Waals surface area contributed by atoms with Gasteiger partial charge in [0.1, 0.15) is 11.0 Å². The highest BCUT2D eigenvalue weighted by molar-refractivity contribution is 6.31. The Bertz CT molecular complexity index is 482. The lowest BCUT2D eigenvalue weighted by molar-refractivity contribution is 0.628. The smallest absolute Gasteiger partial charge is 0.148 e. The van der Waals surface area contributed by atoms with Crippen LogP contribution in [0.5, 0.6) is 0 Å². The van der Waals surface area contributed by atoms with Crippen molar-refractivity contribution in [2.45, 2.75) is 0 Å². The maximum absolute atomic E-state index is 13.0. The molecule has 0 N–H and O–H groups in total. The van der Waals surface area contributed by atoms with Crippen molar-refractivity contribution in [2.24, 2.45) is 0 Å². The van der Waals surface area contributed by atoms with Gasteiger partial charge >= 0.3 is 0 Å². The van der Waals surface area contributed by atoms with Crippen LogP contribution < -0.4 is 0 Å². The zero-order chi connectivity index (χ0) is 10.8. The van der Waals surface area contributed by atoms with Crippen LogP contribution in [0, 0.1) is 5.82 Å². The molecule has 0 radical (unpaired) electrons. The zero-order valence-electron chi connectivity index (χ0n) is 7.42. The third-order valence-electron chi connectivity index (χ3n) is 1.76. The number of benzene rings is 1. The summed E-state index contributed by atoms with van der Waals surface area (Å²) in [5.41, 5.74) is 1.04. The zero-order valence-corrected chi connectivity index (χ0v) is 8.93. The Labute approximate surface area is 95.7 Å². The Balaban J connectivity index is 2.54. The molecule has 0 bridgehead atoms. The van der Waals surface area contributed by atoms with Gasteiger partial charge in [-0.2, -0.15) is 0 Å². The Hall–Kier alpha value is -1.19. The lowest BCUT2D eigenvalue weighted by Gasteiger charge is -2.01. The fourth-order valence-corrected chi connectivity index (χ4v) is 1.55. The van der Waals surface area contributed by atoms with Gasteiger partial charge in [-0.25, -0.2) is 9.37 Å². The van der Waals surface area contributed by atoms with Crippen molar-refractivity contribution in [1.29, 1.82) is 0 Å². The molecule has 76 valence electrons. The summed E-state index contributed by atoms with van der Waals surface area (Å²) in [5.74, 6) is -0.417. The van der Waals surface area contributed by atoms with E-state index in [1.165, 1.54) is 24.5 Å². The summed E-state index contributed by atoms with van der Waals surface area (Å²) in [7, 11) is 0. The van der Waals surface area contributed by atoms with E-state index in [-0.39, 0.29) is 5.15 Å². The van der Waals surface area contributed by atoms with Crippen molar-refractivity contribution in [3.05, 3.63) is 46.6 Å². The molecule has 2 rings (SSSR count). The summed E-state index contributed by atoms with van der Waals surface area (Å²) >= 11 is 11.4. The second kappa shape index (κ2) is 4.13. The molecular formula is C10H5Cl2FN2. The molecule has 1 heterocycles. The molecule has 0 unspecified atom stereocenters. The molecule has 0 aliphatic rings. The molecule has 0 saturated heterocycles. The number of hydrogen-bond donors (Lipinski definition) is 0. The molecule has 0 aliphatic carbocycles. The van der Waals surface area contributed by atoms with Crippen LogP contribution >= 0.6 is 23.2 Å². The van der Waals surface area contributed by atoms with Crippen LogP contribution in [0.2, 0.25) is 10.2 Å². The number of rotatable bonds is 1. The van der Waals surface area contributed by atoms with Crippen LogP contribution in [0.15, 0.2) is 30.6 Å². The van der Waals surface area contributed by atoms with Gasteiger partial charge in [-0.3, -0.25) is 4.98 Å². The highest BCUT2D eigenvalue weighted by Crippen LogP contribution is 2.23. The Morgan fingerprint density at radius 1 is 1.07 bits per heavy atom. The van der Waals surface area contributed by atoms with E-state index in [9.17, 15) is 4.39 Å². The Morgan fingerprint density at radius 3 is 2.53 bits per heavy atom. The van der Waals surface area contributed by atoms with Crippen molar-refractivity contribution in [3.63, 3.8) is 0 Å². The first-order chi connectivity index (χ1) is 7.15. The molecule has 2 nitrogen and oxygen atoms in total. The van der Waals surface area contributed by atoms with E-state index in [2.05, 4.69) is 9.97 Å². The number of nitrogens with zero attached hydrogens (tertiary/aromatic N) is 2. The van der Waals surface area contributed by atoms with Crippen molar-refractivity contribution in [1.82, 2.24) is 9.97 Å². The largest absolute Gasteiger partial charge is 0.259 e. The van der Waals surface area contributed by atoms with Gasteiger partial charge in [-0.05, 0) is 18.2 Å². The molecule has 5 heteroatoms. The number of halogens is 3. The van der Waals surface area contributed by atoms with E-state index in [1.807, 2.05) is 0 Å². The van der Waals surface area contributed by atoms with Gasteiger partial charge < -0.3 is 0 Å². The minimum atomic E-state index is -0.417. The summed E-state index contributed by atoms with van der Waals surface area (Å²) < 4.78 is 13.0. The van der Waals surface area contributed by atoms with Crippen LogP contribution in [0.25, 0.3) is 11.3 Å². The van der Waals surface area contributed by atoms with Crippen LogP contribution in [-0.4, -0.2) is 9.97 Å². The minimum Gasteiger partial charge on any atom is -0.259 e. The highest BCUT2D eigenvalue weighted by atomic mass is 35.5. The minimum absolute atomic E-state index is 0.257. The first-order valence-corrected chi connectivity index (χ1v) is 4.85. The lowest BCUT2D eigenvalue weighted by atomic mass is 10.1. The van der Waals surface area contributed by atoms with Crippen molar-refractivity contribution >= 4 is 23.2 Å². The molecule has 1 aromatic heterocycles. The second-order valence-corrected chi connectivity index (χ2v) is 3.71. The number of aromatic nitrogens is 2. The fourth-order valence-electron chi connectivity index (χ4n) is 1.18. The van der Waals surface area contributed by atoms with E-state index in [4.69, 9.17) is 23.2 Å². The van der Waals surface area contributed by atoms with E-state index < -0.39 is 5.82 Å². The fraction of sp³-hybridized carbons (Fsp3) is 0. The molecular weight excluding hydrogens is 238 g/mol. The molecule has 0 atom stereocenters. The van der Waals surface area contributed by atoms with E-state index in [1.54, 1.807) is 6.07 Å². The molecule has 15 heavy (non-hydrogen) atoms. The third kappa shape index (κ3) is 2.43. The predicted molar refractivity (Wildman–Crippen MR) is 57.4 cm³/mol. The van der Waals surface area contributed by atoms with Gasteiger partial charge in [-0.15, -0.1) is 0 Å². The summed E-state index contributed by atoms with van der Waals surface area (Å²) in [6.45, 7) is 0. The van der Waals surface area contributed by atoms with Gasteiger partial charge in [0.05, 0.1) is 18.1 Å². The highest BCUT2D eigenvalue weighted by Gasteiger charge is 2.04. The molecule has 0 saturated carbocycles. The molecule has 0 aliphatic heterocycles. The summed E-state index contributed by atoms with van der Waals surface area (Å²) in [4.78, 5) is 7.86. The molecule has 0 spiro atoms. The van der Waals surface area contributed by atoms with Gasteiger partial charge in [0.25, 0.3) is 0 Å². The first-order valence-electron chi connectivity index (χ1n) is 4.09. The van der Waals surface area contributed by atoms with Crippen LogP contribution in [-0.2, 0) is 0 Å². The quantitative estimate of drug-likeness (QED) is 0.764. The topological polar surface area (TPSA) is 25.8 Å². The Morgan fingerprint density at radius 2 is 1.87 bits per heavy atom. The summed E-state index contributed by atoms with van der Waals surface area (Å²) in [5, 5.41) is 0.569. The molecule has 1 aromatic carbocycles. The van der Waals surface area contributed by atoms with E-state index in [0.717, 1.165) is 0 Å². The van der Waals surface area contributed by atoms with Crippen LogP contribution in [0.1, 0.15) is 0 Å². The van der Waals surface area contributed by atoms with Crippen molar-refractivity contribution < 1.29 is 4.39 Å². The van der Waals surface area contributed by atoms with Crippen LogP contribution in [0.4, 0.5) is 4.39 Å². The van der Waals surface area contributed by atoms with E-state index >= 15 is 0 Å².